The van der Waals surface area contributed by atoms with Crippen molar-refractivity contribution in [1.29, 1.82) is 0 Å². The van der Waals surface area contributed by atoms with Gasteiger partial charge in [0.25, 0.3) is 5.91 Å². The minimum absolute atomic E-state index is 0.0733. The van der Waals surface area contributed by atoms with E-state index in [2.05, 4.69) is 16.0 Å². The molecule has 0 heterocycles. The van der Waals surface area contributed by atoms with Gasteiger partial charge >= 0.3 is 0 Å². The van der Waals surface area contributed by atoms with Crippen molar-refractivity contribution in [2.75, 3.05) is 18.9 Å². The van der Waals surface area contributed by atoms with Gasteiger partial charge in [0.15, 0.2) is 0 Å². The zero-order valence-corrected chi connectivity index (χ0v) is 15.2. The molecule has 2 rings (SSSR count). The Hall–Kier alpha value is -3.15. The molecule has 3 amide bonds. The fourth-order valence-corrected chi connectivity index (χ4v) is 2.33. The normalized spacial score (nSPS) is 10.1. The van der Waals surface area contributed by atoms with Gasteiger partial charge in [-0.15, -0.1) is 0 Å². The zero-order valence-electron chi connectivity index (χ0n) is 15.2. The lowest BCUT2D eigenvalue weighted by molar-refractivity contribution is -0.120. The van der Waals surface area contributed by atoms with Crippen molar-refractivity contribution in [3.8, 4) is 0 Å². The summed E-state index contributed by atoms with van der Waals surface area (Å²) in [5.41, 5.74) is 4.12. The minimum atomic E-state index is -0.318. The molecular formula is C20H23N3O3. The summed E-state index contributed by atoms with van der Waals surface area (Å²) in [6.45, 7) is 3.79. The number of amides is 3. The molecule has 0 aliphatic carbocycles. The van der Waals surface area contributed by atoms with E-state index in [-0.39, 0.29) is 30.7 Å². The minimum Gasteiger partial charge on any atom is -0.359 e. The molecule has 0 saturated heterocycles. The number of anilines is 1. The van der Waals surface area contributed by atoms with E-state index < -0.39 is 0 Å². The molecule has 136 valence electrons. The summed E-state index contributed by atoms with van der Waals surface area (Å²) < 4.78 is 0. The second-order valence-electron chi connectivity index (χ2n) is 6.08. The van der Waals surface area contributed by atoms with Crippen LogP contribution >= 0.6 is 0 Å². The highest BCUT2D eigenvalue weighted by Crippen LogP contribution is 2.11. The largest absolute Gasteiger partial charge is 0.359 e. The first-order valence-electron chi connectivity index (χ1n) is 8.34. The maximum absolute atomic E-state index is 12.1. The molecule has 2 aromatic carbocycles. The molecule has 6 heteroatoms. The van der Waals surface area contributed by atoms with E-state index in [4.69, 9.17) is 0 Å². The summed E-state index contributed by atoms with van der Waals surface area (Å²) in [6.07, 6.45) is 0.288. The highest BCUT2D eigenvalue weighted by Gasteiger charge is 2.09. The number of likely N-dealkylation sites (N-methyl/N-ethyl adjacent to an activating group) is 1. The molecule has 0 aliphatic heterocycles. The number of hydrogen-bond donors (Lipinski definition) is 3. The van der Waals surface area contributed by atoms with Crippen molar-refractivity contribution >= 4 is 23.4 Å². The Bertz CT molecular complexity index is 814. The van der Waals surface area contributed by atoms with E-state index in [9.17, 15) is 14.4 Å². The third kappa shape index (κ3) is 5.44. The van der Waals surface area contributed by atoms with Gasteiger partial charge in [0.1, 0.15) is 0 Å². The van der Waals surface area contributed by atoms with Gasteiger partial charge in [-0.25, -0.2) is 0 Å². The van der Waals surface area contributed by atoms with Crippen LogP contribution in [-0.2, 0) is 16.0 Å². The lowest BCUT2D eigenvalue weighted by Gasteiger charge is -2.09. The van der Waals surface area contributed by atoms with Crippen LogP contribution in [0.3, 0.4) is 0 Å². The number of carbonyl (C=O) groups excluding carboxylic acids is 3. The van der Waals surface area contributed by atoms with E-state index in [1.807, 2.05) is 19.9 Å². The number of benzene rings is 2. The van der Waals surface area contributed by atoms with Gasteiger partial charge < -0.3 is 16.0 Å². The van der Waals surface area contributed by atoms with Crippen molar-refractivity contribution < 1.29 is 14.4 Å². The van der Waals surface area contributed by atoms with E-state index in [1.54, 1.807) is 43.4 Å². The fourth-order valence-electron chi connectivity index (χ4n) is 2.33. The van der Waals surface area contributed by atoms with Crippen LogP contribution in [0.5, 0.6) is 0 Å². The van der Waals surface area contributed by atoms with Gasteiger partial charge in [-0.1, -0.05) is 18.2 Å². The third-order valence-electron chi connectivity index (χ3n) is 4.06. The predicted octanol–water partition coefficient (Wildman–Crippen LogP) is 1.96. The van der Waals surface area contributed by atoms with Crippen molar-refractivity contribution in [1.82, 2.24) is 10.6 Å². The van der Waals surface area contributed by atoms with Crippen LogP contribution in [0.1, 0.15) is 27.0 Å². The smallest absolute Gasteiger partial charge is 0.251 e. The number of hydrogen-bond acceptors (Lipinski definition) is 3. The molecule has 0 bridgehead atoms. The third-order valence-corrected chi connectivity index (χ3v) is 4.06. The van der Waals surface area contributed by atoms with Crippen LogP contribution in [-0.4, -0.2) is 31.3 Å². The maximum atomic E-state index is 12.1. The van der Waals surface area contributed by atoms with Gasteiger partial charge in [-0.05, 0) is 54.8 Å². The number of nitrogens with one attached hydrogen (secondary N) is 3. The first-order chi connectivity index (χ1) is 12.4. The highest BCUT2D eigenvalue weighted by molar-refractivity contribution is 5.99. The standard InChI is InChI=1S/C20H23N3O3/c1-13-4-7-16(10-14(13)2)20(26)22-12-19(25)23-17-8-5-15(6-9-17)11-18(24)21-3/h4-10H,11-12H2,1-3H3,(H,21,24)(H,22,26)(H,23,25). The Morgan fingerprint density at radius 2 is 1.58 bits per heavy atom. The van der Waals surface area contributed by atoms with E-state index >= 15 is 0 Å². The summed E-state index contributed by atoms with van der Waals surface area (Å²) in [4.78, 5) is 35.4. The van der Waals surface area contributed by atoms with Crippen LogP contribution < -0.4 is 16.0 Å². The Labute approximate surface area is 153 Å². The van der Waals surface area contributed by atoms with Gasteiger partial charge in [0.2, 0.25) is 11.8 Å². The lowest BCUT2D eigenvalue weighted by Crippen LogP contribution is -2.32. The first kappa shape index (κ1) is 19.2. The molecule has 6 nitrogen and oxygen atoms in total. The maximum Gasteiger partial charge on any atom is 0.251 e. The van der Waals surface area contributed by atoms with Crippen molar-refractivity contribution in [2.45, 2.75) is 20.3 Å². The summed E-state index contributed by atoms with van der Waals surface area (Å²) >= 11 is 0. The summed E-state index contributed by atoms with van der Waals surface area (Å²) in [7, 11) is 1.59. The van der Waals surface area contributed by atoms with E-state index in [0.29, 0.717) is 11.3 Å². The molecule has 0 atom stereocenters. The van der Waals surface area contributed by atoms with E-state index in [1.165, 1.54) is 0 Å². The first-order valence-corrected chi connectivity index (χ1v) is 8.34. The van der Waals surface area contributed by atoms with E-state index in [0.717, 1.165) is 16.7 Å². The van der Waals surface area contributed by atoms with Crippen LogP contribution in [0.2, 0.25) is 0 Å². The molecule has 26 heavy (non-hydrogen) atoms. The second kappa shape index (κ2) is 8.80. The predicted molar refractivity (Wildman–Crippen MR) is 101 cm³/mol. The molecule has 0 aliphatic rings. The quantitative estimate of drug-likeness (QED) is 0.742. The number of rotatable bonds is 6. The molecule has 0 radical (unpaired) electrons. The van der Waals surface area contributed by atoms with Crippen LogP contribution in [0.4, 0.5) is 5.69 Å². The Balaban J connectivity index is 1.85. The van der Waals surface area contributed by atoms with Gasteiger partial charge in [0.05, 0.1) is 13.0 Å². The summed E-state index contributed by atoms with van der Waals surface area (Å²) in [5, 5.41) is 7.88. The number of carbonyl (C=O) groups is 3. The fraction of sp³-hybridized carbons (Fsp3) is 0.250. The van der Waals surface area contributed by atoms with Crippen LogP contribution in [0.25, 0.3) is 0 Å². The SMILES string of the molecule is CNC(=O)Cc1ccc(NC(=O)CNC(=O)c2ccc(C)c(C)c2)cc1. The molecule has 0 aromatic heterocycles. The number of aryl methyl sites for hydroxylation is 2. The zero-order chi connectivity index (χ0) is 19.1. The Morgan fingerprint density at radius 1 is 0.885 bits per heavy atom. The molecule has 0 fully saturated rings. The monoisotopic (exact) mass is 353 g/mol. The average Bonchev–Trinajstić information content (AvgIpc) is 2.63. The Kier molecular flexibility index (Phi) is 6.49. The van der Waals surface area contributed by atoms with Gasteiger partial charge in [0, 0.05) is 18.3 Å². The van der Waals surface area contributed by atoms with Gasteiger partial charge in [-0.3, -0.25) is 14.4 Å². The molecule has 3 N–H and O–H groups in total. The average molecular weight is 353 g/mol. The molecule has 2 aromatic rings. The van der Waals surface area contributed by atoms with Crippen LogP contribution in [0, 0.1) is 13.8 Å². The molecular weight excluding hydrogens is 330 g/mol. The van der Waals surface area contributed by atoms with Crippen molar-refractivity contribution in [3.05, 3.63) is 64.7 Å². The lowest BCUT2D eigenvalue weighted by atomic mass is 10.1. The summed E-state index contributed by atoms with van der Waals surface area (Å²) in [6, 6.07) is 12.4. The molecule has 0 saturated carbocycles. The second-order valence-corrected chi connectivity index (χ2v) is 6.08. The molecule has 0 unspecified atom stereocenters. The van der Waals surface area contributed by atoms with Crippen LogP contribution in [0.15, 0.2) is 42.5 Å². The Morgan fingerprint density at radius 3 is 2.19 bits per heavy atom. The summed E-state index contributed by atoms with van der Waals surface area (Å²) in [5.74, 6) is -0.679. The van der Waals surface area contributed by atoms with Gasteiger partial charge in [-0.2, -0.15) is 0 Å². The molecule has 0 spiro atoms. The van der Waals surface area contributed by atoms with Crippen molar-refractivity contribution in [2.24, 2.45) is 0 Å². The topological polar surface area (TPSA) is 87.3 Å². The van der Waals surface area contributed by atoms with Crippen molar-refractivity contribution in [3.63, 3.8) is 0 Å². The highest BCUT2D eigenvalue weighted by atomic mass is 16.2.